The zero-order valence-electron chi connectivity index (χ0n) is 18.5. The Kier molecular flexibility index (Phi) is 6.62. The van der Waals surface area contributed by atoms with Crippen molar-refractivity contribution in [3.63, 3.8) is 0 Å². The number of anilines is 1. The third-order valence-electron chi connectivity index (χ3n) is 5.88. The van der Waals surface area contributed by atoms with Gasteiger partial charge in [0.2, 0.25) is 11.8 Å². The van der Waals surface area contributed by atoms with Crippen LogP contribution < -0.4 is 10.2 Å². The Hall–Kier alpha value is -2.57. The van der Waals surface area contributed by atoms with Gasteiger partial charge in [-0.25, -0.2) is 13.2 Å². The molecule has 1 fully saturated rings. The Morgan fingerprint density at radius 3 is 2.32 bits per heavy atom. The molecule has 0 saturated heterocycles. The molecule has 31 heavy (non-hydrogen) atoms. The molecule has 1 N–H and O–H groups in total. The highest BCUT2D eigenvalue weighted by atomic mass is 19.3. The first-order valence-electron chi connectivity index (χ1n) is 10.6. The fourth-order valence-electron chi connectivity index (χ4n) is 3.94. The smallest absolute Gasteiger partial charge is 0.248 e. The molecule has 1 saturated carbocycles. The maximum absolute atomic E-state index is 13.9. The van der Waals surface area contributed by atoms with E-state index < -0.39 is 17.8 Å². The van der Waals surface area contributed by atoms with Gasteiger partial charge >= 0.3 is 0 Å². The predicted molar refractivity (Wildman–Crippen MR) is 116 cm³/mol. The number of hydrogen-bond acceptors (Lipinski definition) is 3. The molecule has 0 spiro atoms. The Morgan fingerprint density at radius 2 is 1.77 bits per heavy atom. The molecule has 1 aliphatic carbocycles. The summed E-state index contributed by atoms with van der Waals surface area (Å²) in [5.74, 6) is -3.56. The van der Waals surface area contributed by atoms with Gasteiger partial charge in [0.05, 0.1) is 6.20 Å². The van der Waals surface area contributed by atoms with Crippen molar-refractivity contribution in [1.82, 2.24) is 10.3 Å². The van der Waals surface area contributed by atoms with Crippen molar-refractivity contribution in [2.24, 2.45) is 0 Å². The fourth-order valence-corrected chi connectivity index (χ4v) is 3.94. The number of halogens is 3. The van der Waals surface area contributed by atoms with Crippen LogP contribution in [0.15, 0.2) is 42.7 Å². The number of benzene rings is 1. The predicted octanol–water partition coefficient (Wildman–Crippen LogP) is 5.39. The Bertz CT molecular complexity index is 899. The summed E-state index contributed by atoms with van der Waals surface area (Å²) in [4.78, 5) is 18.9. The van der Waals surface area contributed by atoms with Crippen molar-refractivity contribution in [2.75, 3.05) is 11.9 Å². The summed E-state index contributed by atoms with van der Waals surface area (Å²) in [6, 6.07) is 7.98. The number of aromatic nitrogens is 1. The van der Waals surface area contributed by atoms with Crippen LogP contribution in [0.25, 0.3) is 0 Å². The zero-order valence-corrected chi connectivity index (χ0v) is 18.5. The molecule has 1 atom stereocenters. The molecule has 1 aromatic carbocycles. The molecule has 2 aromatic rings. The van der Waals surface area contributed by atoms with Crippen molar-refractivity contribution in [1.29, 1.82) is 0 Å². The maximum Gasteiger partial charge on any atom is 0.248 e. The van der Waals surface area contributed by atoms with E-state index in [1.165, 1.54) is 12.3 Å². The lowest BCUT2D eigenvalue weighted by molar-refractivity contribution is -0.124. The fraction of sp³-hybridized carbons (Fsp3) is 0.500. The highest BCUT2D eigenvalue weighted by Crippen LogP contribution is 2.34. The molecule has 168 valence electrons. The van der Waals surface area contributed by atoms with E-state index in [4.69, 9.17) is 0 Å². The Morgan fingerprint density at radius 1 is 1.16 bits per heavy atom. The number of alkyl halides is 2. The summed E-state index contributed by atoms with van der Waals surface area (Å²) in [6.45, 7) is 6.36. The lowest BCUT2D eigenvalue weighted by Gasteiger charge is -2.33. The summed E-state index contributed by atoms with van der Waals surface area (Å²) in [5.41, 5.74) is 2.33. The minimum atomic E-state index is -2.67. The van der Waals surface area contributed by atoms with Crippen molar-refractivity contribution in [2.45, 2.75) is 69.9 Å². The van der Waals surface area contributed by atoms with E-state index in [1.54, 1.807) is 11.9 Å². The first-order valence-corrected chi connectivity index (χ1v) is 10.6. The van der Waals surface area contributed by atoms with Crippen LogP contribution in [-0.4, -0.2) is 29.9 Å². The van der Waals surface area contributed by atoms with E-state index in [1.807, 2.05) is 24.3 Å². The third kappa shape index (κ3) is 5.77. The van der Waals surface area contributed by atoms with E-state index in [9.17, 15) is 18.0 Å². The standard InChI is InChI=1S/C24H30F3N3O/c1-23(2,3)17-5-7-20(8-6-17)30(4)21(16-13-18(25)15-28-14-16)22(31)29-19-9-11-24(26,27)12-10-19/h5-8,13-15,19,21H,9-12H2,1-4H3,(H,29,31). The molecule has 1 amide bonds. The van der Waals surface area contributed by atoms with Gasteiger partial charge in [-0.3, -0.25) is 9.78 Å². The molecule has 7 heteroatoms. The van der Waals surface area contributed by atoms with Gasteiger partial charge in [0.25, 0.3) is 0 Å². The van der Waals surface area contributed by atoms with Crippen LogP contribution in [-0.2, 0) is 10.2 Å². The first kappa shape index (κ1) is 23.1. The van der Waals surface area contributed by atoms with Gasteiger partial charge in [0, 0.05) is 43.4 Å². The highest BCUT2D eigenvalue weighted by molar-refractivity contribution is 5.86. The molecule has 1 unspecified atom stereocenters. The number of rotatable bonds is 5. The van der Waals surface area contributed by atoms with Crippen molar-refractivity contribution < 1.29 is 18.0 Å². The molecule has 0 bridgehead atoms. The van der Waals surface area contributed by atoms with Gasteiger partial charge in [-0.15, -0.1) is 0 Å². The number of nitrogens with zero attached hydrogens (tertiary/aromatic N) is 2. The molecule has 1 heterocycles. The number of nitrogens with one attached hydrogen (secondary N) is 1. The number of carbonyl (C=O) groups is 1. The monoisotopic (exact) mass is 433 g/mol. The quantitative estimate of drug-likeness (QED) is 0.688. The number of hydrogen-bond donors (Lipinski definition) is 1. The van der Waals surface area contributed by atoms with Crippen LogP contribution in [0.5, 0.6) is 0 Å². The number of likely N-dealkylation sites (N-methyl/N-ethyl adjacent to an activating group) is 1. The van der Waals surface area contributed by atoms with Gasteiger partial charge in [-0.1, -0.05) is 32.9 Å². The molecule has 1 aromatic heterocycles. The average Bonchev–Trinajstić information content (AvgIpc) is 2.69. The molecule has 1 aliphatic rings. The second-order valence-corrected chi connectivity index (χ2v) is 9.39. The van der Waals surface area contributed by atoms with Gasteiger partial charge in [-0.05, 0) is 42.0 Å². The topological polar surface area (TPSA) is 45.2 Å². The third-order valence-corrected chi connectivity index (χ3v) is 5.88. The van der Waals surface area contributed by atoms with Crippen molar-refractivity contribution in [3.05, 3.63) is 59.7 Å². The summed E-state index contributed by atoms with van der Waals surface area (Å²) < 4.78 is 40.8. The molecule has 0 radical (unpaired) electrons. The summed E-state index contributed by atoms with van der Waals surface area (Å²) >= 11 is 0. The summed E-state index contributed by atoms with van der Waals surface area (Å²) in [7, 11) is 1.76. The van der Waals surface area contributed by atoms with E-state index in [2.05, 4.69) is 31.1 Å². The van der Waals surface area contributed by atoms with E-state index in [0.29, 0.717) is 5.56 Å². The van der Waals surface area contributed by atoms with Crippen LogP contribution in [0.4, 0.5) is 18.9 Å². The number of pyridine rings is 1. The van der Waals surface area contributed by atoms with Crippen molar-refractivity contribution in [3.8, 4) is 0 Å². The van der Waals surface area contributed by atoms with Crippen LogP contribution in [0.2, 0.25) is 0 Å². The molecule has 3 rings (SSSR count). The molecular formula is C24H30F3N3O. The number of amides is 1. The van der Waals surface area contributed by atoms with E-state index in [0.717, 1.165) is 17.4 Å². The minimum absolute atomic E-state index is 0.0105. The lowest BCUT2D eigenvalue weighted by atomic mass is 9.87. The largest absolute Gasteiger partial charge is 0.359 e. The van der Waals surface area contributed by atoms with Crippen LogP contribution in [0.1, 0.15) is 63.6 Å². The van der Waals surface area contributed by atoms with E-state index in [-0.39, 0.29) is 43.0 Å². The zero-order chi connectivity index (χ0) is 22.8. The van der Waals surface area contributed by atoms with Gasteiger partial charge in [-0.2, -0.15) is 0 Å². The van der Waals surface area contributed by atoms with Gasteiger partial charge < -0.3 is 10.2 Å². The molecular weight excluding hydrogens is 403 g/mol. The normalized spacial score (nSPS) is 17.8. The van der Waals surface area contributed by atoms with E-state index >= 15 is 0 Å². The second kappa shape index (κ2) is 8.89. The van der Waals surface area contributed by atoms with Gasteiger partial charge in [0.15, 0.2) is 0 Å². The lowest BCUT2D eigenvalue weighted by Crippen LogP contribution is -2.46. The summed E-state index contributed by atoms with van der Waals surface area (Å²) in [6.07, 6.45) is 2.50. The van der Waals surface area contributed by atoms with Crippen LogP contribution in [0.3, 0.4) is 0 Å². The van der Waals surface area contributed by atoms with Gasteiger partial charge in [0.1, 0.15) is 11.9 Å². The molecule has 4 nitrogen and oxygen atoms in total. The first-order chi connectivity index (χ1) is 14.5. The SMILES string of the molecule is CN(c1ccc(C(C)(C)C)cc1)C(C(=O)NC1CCC(F)(F)CC1)c1cncc(F)c1. The minimum Gasteiger partial charge on any atom is -0.359 e. The van der Waals surface area contributed by atoms with Crippen LogP contribution >= 0.6 is 0 Å². The summed E-state index contributed by atoms with van der Waals surface area (Å²) in [5, 5.41) is 2.90. The highest BCUT2D eigenvalue weighted by Gasteiger charge is 2.36. The molecule has 0 aliphatic heterocycles. The second-order valence-electron chi connectivity index (χ2n) is 9.39. The number of carbonyl (C=O) groups excluding carboxylic acids is 1. The van der Waals surface area contributed by atoms with Crippen LogP contribution in [0, 0.1) is 5.82 Å². The van der Waals surface area contributed by atoms with Crippen molar-refractivity contribution >= 4 is 11.6 Å². The average molecular weight is 434 g/mol. The Labute approximate surface area is 181 Å². The maximum atomic E-state index is 13.9. The Balaban J connectivity index is 1.85.